The van der Waals surface area contributed by atoms with E-state index < -0.39 is 0 Å². The average molecular weight is 368 g/mol. The Hall–Kier alpha value is -2.53. The van der Waals surface area contributed by atoms with Crippen LogP contribution in [0.4, 0.5) is 5.69 Å². The summed E-state index contributed by atoms with van der Waals surface area (Å²) >= 11 is 0. The van der Waals surface area contributed by atoms with Crippen LogP contribution in [0, 0.1) is 0 Å². The lowest BCUT2D eigenvalue weighted by atomic mass is 10.1. The number of carbonyl (C=O) groups excluding carboxylic acids is 1. The number of benzene rings is 2. The summed E-state index contributed by atoms with van der Waals surface area (Å²) in [6, 6.07) is 13.8. The van der Waals surface area contributed by atoms with E-state index in [9.17, 15) is 4.79 Å². The molecule has 1 aliphatic rings. The number of carbonyl (C=O) groups is 1. The Bertz CT molecular complexity index is 748. The molecule has 5 nitrogen and oxygen atoms in total. The molecule has 1 aliphatic heterocycles. The Kier molecular flexibility index (Phi) is 6.71. The smallest absolute Gasteiger partial charge is 0.224 e. The Balaban J connectivity index is 1.60. The molecule has 2 aromatic carbocycles. The number of para-hydroxylation sites is 1. The molecule has 0 radical (unpaired) electrons. The average Bonchev–Trinajstić information content (AvgIpc) is 3.20. The van der Waals surface area contributed by atoms with E-state index in [1.54, 1.807) is 14.2 Å². The molecule has 0 saturated carbocycles. The lowest BCUT2D eigenvalue weighted by molar-refractivity contribution is -0.116. The second-order valence-corrected chi connectivity index (χ2v) is 6.91. The highest BCUT2D eigenvalue weighted by Gasteiger charge is 2.14. The zero-order valence-corrected chi connectivity index (χ0v) is 16.2. The van der Waals surface area contributed by atoms with Crippen LogP contribution in [0.2, 0.25) is 0 Å². The van der Waals surface area contributed by atoms with Crippen LogP contribution in [-0.4, -0.2) is 38.1 Å². The van der Waals surface area contributed by atoms with Crippen LogP contribution in [0.25, 0.3) is 0 Å². The van der Waals surface area contributed by atoms with Gasteiger partial charge in [0.25, 0.3) is 0 Å². The third-order valence-electron chi connectivity index (χ3n) is 4.94. The van der Waals surface area contributed by atoms with E-state index in [4.69, 9.17) is 9.47 Å². The van der Waals surface area contributed by atoms with E-state index in [2.05, 4.69) is 16.3 Å². The zero-order chi connectivity index (χ0) is 19.1. The second kappa shape index (κ2) is 9.42. The molecule has 0 aliphatic carbocycles. The van der Waals surface area contributed by atoms with E-state index in [-0.39, 0.29) is 5.91 Å². The van der Waals surface area contributed by atoms with Crippen molar-refractivity contribution in [3.05, 3.63) is 53.6 Å². The molecule has 144 valence electrons. The van der Waals surface area contributed by atoms with Gasteiger partial charge in [-0.15, -0.1) is 0 Å². The van der Waals surface area contributed by atoms with Gasteiger partial charge >= 0.3 is 0 Å². The SMILES string of the molecule is COc1cc(CCC(=O)Nc2ccccc2CN2CCCC2)cc(OC)c1. The summed E-state index contributed by atoms with van der Waals surface area (Å²) < 4.78 is 10.6. The molecule has 0 unspecified atom stereocenters. The van der Waals surface area contributed by atoms with Gasteiger partial charge < -0.3 is 14.8 Å². The number of anilines is 1. The Morgan fingerprint density at radius 3 is 2.37 bits per heavy atom. The van der Waals surface area contributed by atoms with E-state index in [0.717, 1.165) is 42.4 Å². The molecule has 0 bridgehead atoms. The van der Waals surface area contributed by atoms with E-state index >= 15 is 0 Å². The van der Waals surface area contributed by atoms with Crippen LogP contribution in [-0.2, 0) is 17.8 Å². The van der Waals surface area contributed by atoms with Gasteiger partial charge in [0.15, 0.2) is 0 Å². The molecule has 0 aromatic heterocycles. The van der Waals surface area contributed by atoms with E-state index in [0.29, 0.717) is 12.8 Å². The predicted octanol–water partition coefficient (Wildman–Crippen LogP) is 3.87. The fourth-order valence-corrected chi connectivity index (χ4v) is 3.44. The third kappa shape index (κ3) is 5.47. The first-order valence-corrected chi connectivity index (χ1v) is 9.50. The topological polar surface area (TPSA) is 50.8 Å². The van der Waals surface area contributed by atoms with Crippen molar-refractivity contribution >= 4 is 11.6 Å². The second-order valence-electron chi connectivity index (χ2n) is 6.91. The molecular weight excluding hydrogens is 340 g/mol. The van der Waals surface area contributed by atoms with Gasteiger partial charge in [-0.3, -0.25) is 9.69 Å². The van der Waals surface area contributed by atoms with Gasteiger partial charge in [0.1, 0.15) is 11.5 Å². The summed E-state index contributed by atoms with van der Waals surface area (Å²) in [5, 5.41) is 3.08. The number of nitrogens with one attached hydrogen (secondary N) is 1. The number of hydrogen-bond acceptors (Lipinski definition) is 4. The van der Waals surface area contributed by atoms with Crippen molar-refractivity contribution in [3.63, 3.8) is 0 Å². The minimum absolute atomic E-state index is 0.0191. The van der Waals surface area contributed by atoms with Crippen LogP contribution in [0.15, 0.2) is 42.5 Å². The molecule has 1 amide bonds. The summed E-state index contributed by atoms with van der Waals surface area (Å²) in [7, 11) is 3.26. The molecule has 1 N–H and O–H groups in total. The van der Waals surface area contributed by atoms with Gasteiger partial charge in [-0.2, -0.15) is 0 Å². The van der Waals surface area contributed by atoms with Crippen molar-refractivity contribution in [1.82, 2.24) is 4.90 Å². The summed E-state index contributed by atoms with van der Waals surface area (Å²) in [5.74, 6) is 1.49. The van der Waals surface area contributed by atoms with Gasteiger partial charge in [-0.25, -0.2) is 0 Å². The largest absolute Gasteiger partial charge is 0.497 e. The van der Waals surface area contributed by atoms with Crippen molar-refractivity contribution in [3.8, 4) is 11.5 Å². The minimum Gasteiger partial charge on any atom is -0.497 e. The molecule has 0 atom stereocenters. The number of ether oxygens (including phenoxy) is 2. The number of methoxy groups -OCH3 is 2. The normalized spacial score (nSPS) is 14.1. The van der Waals surface area contributed by atoms with Crippen LogP contribution >= 0.6 is 0 Å². The number of nitrogens with zero attached hydrogens (tertiary/aromatic N) is 1. The van der Waals surface area contributed by atoms with E-state index in [1.807, 2.05) is 36.4 Å². The van der Waals surface area contributed by atoms with Crippen LogP contribution in [0.1, 0.15) is 30.4 Å². The van der Waals surface area contributed by atoms with Crippen molar-refractivity contribution in [2.75, 3.05) is 32.6 Å². The summed E-state index contributed by atoms with van der Waals surface area (Å²) in [6.45, 7) is 3.17. The number of hydrogen-bond donors (Lipinski definition) is 1. The highest BCUT2D eigenvalue weighted by molar-refractivity contribution is 5.91. The summed E-state index contributed by atoms with van der Waals surface area (Å²) in [4.78, 5) is 14.9. The maximum Gasteiger partial charge on any atom is 0.224 e. The van der Waals surface area contributed by atoms with Crippen molar-refractivity contribution in [1.29, 1.82) is 0 Å². The first-order valence-electron chi connectivity index (χ1n) is 9.50. The maximum absolute atomic E-state index is 12.5. The molecule has 1 saturated heterocycles. The standard InChI is InChI=1S/C22H28N2O3/c1-26-19-13-17(14-20(15-19)27-2)9-10-22(25)23-21-8-4-3-7-18(21)16-24-11-5-6-12-24/h3-4,7-8,13-15H,5-6,9-12,16H2,1-2H3,(H,23,25). The molecule has 5 heteroatoms. The predicted molar refractivity (Wildman–Crippen MR) is 107 cm³/mol. The van der Waals surface area contributed by atoms with Crippen LogP contribution in [0.5, 0.6) is 11.5 Å². The number of likely N-dealkylation sites (tertiary alicyclic amines) is 1. The van der Waals surface area contributed by atoms with Crippen molar-refractivity contribution < 1.29 is 14.3 Å². The Labute approximate surface area is 161 Å². The Morgan fingerprint density at radius 1 is 1.04 bits per heavy atom. The highest BCUT2D eigenvalue weighted by Crippen LogP contribution is 2.24. The molecule has 3 rings (SSSR count). The maximum atomic E-state index is 12.5. The molecular formula is C22H28N2O3. The number of aryl methyl sites for hydroxylation is 1. The first kappa shape index (κ1) is 19.2. The summed E-state index contributed by atoms with van der Waals surface area (Å²) in [6.07, 6.45) is 3.57. The quantitative estimate of drug-likeness (QED) is 0.768. The fraction of sp³-hybridized carbons (Fsp3) is 0.409. The monoisotopic (exact) mass is 368 g/mol. The molecule has 27 heavy (non-hydrogen) atoms. The van der Waals surface area contributed by atoms with Crippen LogP contribution < -0.4 is 14.8 Å². The number of amides is 1. The molecule has 2 aromatic rings. The van der Waals surface area contributed by atoms with E-state index in [1.165, 1.54) is 18.4 Å². The highest BCUT2D eigenvalue weighted by atomic mass is 16.5. The zero-order valence-electron chi connectivity index (χ0n) is 16.2. The first-order chi connectivity index (χ1) is 13.2. The molecule has 1 fully saturated rings. The number of rotatable bonds is 8. The third-order valence-corrected chi connectivity index (χ3v) is 4.94. The molecule has 1 heterocycles. The fourth-order valence-electron chi connectivity index (χ4n) is 3.44. The van der Waals surface area contributed by atoms with Crippen molar-refractivity contribution in [2.24, 2.45) is 0 Å². The summed E-state index contributed by atoms with van der Waals surface area (Å²) in [5.41, 5.74) is 3.11. The Morgan fingerprint density at radius 2 is 1.70 bits per heavy atom. The lowest BCUT2D eigenvalue weighted by Gasteiger charge is -2.18. The van der Waals surface area contributed by atoms with Gasteiger partial charge in [0.2, 0.25) is 5.91 Å². The van der Waals surface area contributed by atoms with Gasteiger partial charge in [0, 0.05) is 24.7 Å². The van der Waals surface area contributed by atoms with Gasteiger partial charge in [-0.1, -0.05) is 18.2 Å². The van der Waals surface area contributed by atoms with Gasteiger partial charge in [0.05, 0.1) is 14.2 Å². The van der Waals surface area contributed by atoms with Gasteiger partial charge in [-0.05, 0) is 61.7 Å². The molecule has 0 spiro atoms. The minimum atomic E-state index is 0.0191. The lowest BCUT2D eigenvalue weighted by Crippen LogP contribution is -2.20. The van der Waals surface area contributed by atoms with Crippen molar-refractivity contribution in [2.45, 2.75) is 32.2 Å². The van der Waals surface area contributed by atoms with Crippen LogP contribution in [0.3, 0.4) is 0 Å².